The Hall–Kier alpha value is -2.71. The van der Waals surface area contributed by atoms with Crippen LogP contribution in [0.4, 0.5) is 18.9 Å². The van der Waals surface area contributed by atoms with E-state index < -0.39 is 22.2 Å². The van der Waals surface area contributed by atoms with Crippen molar-refractivity contribution in [3.05, 3.63) is 24.3 Å². The first-order chi connectivity index (χ1) is 14.3. The summed E-state index contributed by atoms with van der Waals surface area (Å²) in [6, 6.07) is 6.03. The van der Waals surface area contributed by atoms with Gasteiger partial charge in [-0.3, -0.25) is 9.59 Å². The summed E-state index contributed by atoms with van der Waals surface area (Å²) in [5.41, 5.74) is 5.91. The van der Waals surface area contributed by atoms with Gasteiger partial charge in [0.2, 0.25) is 21.8 Å². The van der Waals surface area contributed by atoms with Crippen LogP contribution < -0.4 is 11.1 Å². The van der Waals surface area contributed by atoms with Crippen LogP contribution in [-0.4, -0.2) is 79.4 Å². The third kappa shape index (κ3) is 8.15. The van der Waals surface area contributed by atoms with Crippen LogP contribution in [0.2, 0.25) is 0 Å². The number of nitrogens with one attached hydrogen (secondary N) is 1. The lowest BCUT2D eigenvalue weighted by Crippen LogP contribution is -2.50. The van der Waals surface area contributed by atoms with E-state index in [4.69, 9.17) is 15.6 Å². The number of carbonyl (C=O) groups is 3. The number of piperazine rings is 1. The van der Waals surface area contributed by atoms with Crippen LogP contribution in [0.5, 0.6) is 0 Å². The van der Waals surface area contributed by atoms with E-state index >= 15 is 0 Å². The number of sulfonamides is 1. The number of hydrogen-bond donors (Lipinski definition) is 3. The molecular formula is C17H23F3N4O6S. The van der Waals surface area contributed by atoms with Crippen molar-refractivity contribution in [2.24, 2.45) is 5.73 Å². The topological polar surface area (TPSA) is 150 Å². The molecule has 2 rings (SSSR count). The summed E-state index contributed by atoms with van der Waals surface area (Å²) >= 11 is 0. The molecule has 0 saturated carbocycles. The van der Waals surface area contributed by atoms with Crippen molar-refractivity contribution in [2.45, 2.75) is 24.4 Å². The molecule has 2 amide bonds. The molecule has 14 heteroatoms. The molecule has 1 heterocycles. The minimum atomic E-state index is -5.08. The summed E-state index contributed by atoms with van der Waals surface area (Å²) in [5, 5.41) is 9.72. The number of nitrogens with two attached hydrogens (primary N) is 1. The van der Waals surface area contributed by atoms with Crippen molar-refractivity contribution >= 4 is 33.5 Å². The van der Waals surface area contributed by atoms with Crippen molar-refractivity contribution in [1.29, 1.82) is 0 Å². The molecule has 0 aliphatic carbocycles. The average molecular weight is 468 g/mol. The van der Waals surface area contributed by atoms with Gasteiger partial charge in [0.25, 0.3) is 0 Å². The van der Waals surface area contributed by atoms with Crippen LogP contribution in [0, 0.1) is 0 Å². The lowest BCUT2D eigenvalue weighted by Gasteiger charge is -2.34. The third-order valence-corrected chi connectivity index (χ3v) is 5.92. The number of benzene rings is 1. The molecule has 0 bridgehead atoms. The molecule has 1 aromatic carbocycles. The van der Waals surface area contributed by atoms with E-state index in [1.54, 1.807) is 17.0 Å². The molecule has 0 unspecified atom stereocenters. The van der Waals surface area contributed by atoms with E-state index in [1.807, 2.05) is 0 Å². The zero-order valence-electron chi connectivity index (χ0n) is 16.6. The molecule has 0 spiro atoms. The van der Waals surface area contributed by atoms with Gasteiger partial charge >= 0.3 is 12.1 Å². The predicted octanol–water partition coefficient (Wildman–Crippen LogP) is 0.460. The summed E-state index contributed by atoms with van der Waals surface area (Å²) in [7, 11) is -3.61. The largest absolute Gasteiger partial charge is 0.490 e. The van der Waals surface area contributed by atoms with Crippen LogP contribution >= 0.6 is 0 Å². The summed E-state index contributed by atoms with van der Waals surface area (Å²) in [5.74, 6) is -3.02. The summed E-state index contributed by atoms with van der Waals surface area (Å²) < 4.78 is 58.4. The van der Waals surface area contributed by atoms with Gasteiger partial charge in [0.1, 0.15) is 0 Å². The number of carbonyl (C=O) groups excluding carboxylic acids is 2. The van der Waals surface area contributed by atoms with Gasteiger partial charge in [-0.25, -0.2) is 13.2 Å². The SMILES string of the molecule is CC(=O)Nc1ccc(S(=O)(=O)N2CCN(C(=O)CCN)CC2)cc1.O=C(O)C(F)(F)F. The first kappa shape index (κ1) is 26.3. The summed E-state index contributed by atoms with van der Waals surface area (Å²) in [4.78, 5) is 33.5. The lowest BCUT2D eigenvalue weighted by atomic mass is 10.3. The minimum Gasteiger partial charge on any atom is -0.475 e. The Kier molecular flexibility index (Phi) is 9.40. The van der Waals surface area contributed by atoms with E-state index in [0.717, 1.165) is 0 Å². The number of rotatable bonds is 5. The number of alkyl halides is 3. The number of nitrogens with zero attached hydrogens (tertiary/aromatic N) is 2. The average Bonchev–Trinajstić information content (AvgIpc) is 2.68. The molecule has 0 aromatic heterocycles. The number of amides is 2. The van der Waals surface area contributed by atoms with E-state index in [9.17, 15) is 31.2 Å². The van der Waals surface area contributed by atoms with Crippen molar-refractivity contribution < 1.29 is 41.1 Å². The van der Waals surface area contributed by atoms with Crippen LogP contribution in [0.25, 0.3) is 0 Å². The highest BCUT2D eigenvalue weighted by molar-refractivity contribution is 7.89. The monoisotopic (exact) mass is 468 g/mol. The van der Waals surface area contributed by atoms with Crippen LogP contribution in [0.15, 0.2) is 29.2 Å². The van der Waals surface area contributed by atoms with Crippen molar-refractivity contribution in [3.8, 4) is 0 Å². The lowest BCUT2D eigenvalue weighted by molar-refractivity contribution is -0.192. The normalized spacial score (nSPS) is 14.9. The highest BCUT2D eigenvalue weighted by Gasteiger charge is 2.38. The number of aliphatic carboxylic acids is 1. The zero-order chi connectivity index (χ0) is 23.8. The first-order valence-electron chi connectivity index (χ1n) is 8.94. The molecule has 0 radical (unpaired) electrons. The van der Waals surface area contributed by atoms with Crippen LogP contribution in [0.3, 0.4) is 0 Å². The zero-order valence-corrected chi connectivity index (χ0v) is 17.4. The van der Waals surface area contributed by atoms with E-state index in [2.05, 4.69) is 5.32 Å². The van der Waals surface area contributed by atoms with Gasteiger partial charge in [0.05, 0.1) is 4.90 Å². The highest BCUT2D eigenvalue weighted by atomic mass is 32.2. The Morgan fingerprint density at radius 3 is 1.97 bits per heavy atom. The highest BCUT2D eigenvalue weighted by Crippen LogP contribution is 2.20. The Morgan fingerprint density at radius 2 is 1.58 bits per heavy atom. The van der Waals surface area contributed by atoms with E-state index in [-0.39, 0.29) is 42.8 Å². The van der Waals surface area contributed by atoms with Crippen molar-refractivity contribution in [3.63, 3.8) is 0 Å². The minimum absolute atomic E-state index is 0.0470. The van der Waals surface area contributed by atoms with Gasteiger partial charge in [-0.05, 0) is 24.3 Å². The maximum atomic E-state index is 12.6. The second-order valence-electron chi connectivity index (χ2n) is 6.33. The molecule has 1 aromatic rings. The molecule has 1 aliphatic heterocycles. The number of hydrogen-bond acceptors (Lipinski definition) is 6. The maximum Gasteiger partial charge on any atom is 0.490 e. The molecule has 4 N–H and O–H groups in total. The standard InChI is InChI=1S/C15H22N4O4S.C2HF3O2/c1-12(20)17-13-2-4-14(5-3-13)24(22,23)19-10-8-18(9-11-19)15(21)6-7-16;3-2(4,5)1(6)7/h2-5H,6-11,16H2,1H3,(H,17,20);(H,6,7). The number of anilines is 1. The fourth-order valence-electron chi connectivity index (χ4n) is 2.52. The molecule has 174 valence electrons. The molecular weight excluding hydrogens is 445 g/mol. The van der Waals surface area contributed by atoms with Gasteiger partial charge < -0.3 is 21.1 Å². The number of carboxylic acid groups (broad SMARTS) is 1. The van der Waals surface area contributed by atoms with Crippen LogP contribution in [-0.2, 0) is 24.4 Å². The third-order valence-electron chi connectivity index (χ3n) is 4.00. The summed E-state index contributed by atoms with van der Waals surface area (Å²) in [6.07, 6.45) is -4.81. The Labute approximate surface area is 176 Å². The van der Waals surface area contributed by atoms with Crippen molar-refractivity contribution in [1.82, 2.24) is 9.21 Å². The Balaban J connectivity index is 0.000000592. The molecule has 0 atom stereocenters. The molecule has 1 saturated heterocycles. The van der Waals surface area contributed by atoms with Crippen LogP contribution in [0.1, 0.15) is 13.3 Å². The smallest absolute Gasteiger partial charge is 0.475 e. The first-order valence-corrected chi connectivity index (χ1v) is 10.4. The van der Waals surface area contributed by atoms with Gasteiger partial charge in [-0.15, -0.1) is 0 Å². The van der Waals surface area contributed by atoms with Gasteiger partial charge in [-0.1, -0.05) is 0 Å². The quantitative estimate of drug-likeness (QED) is 0.568. The molecule has 1 fully saturated rings. The summed E-state index contributed by atoms with van der Waals surface area (Å²) in [6.45, 7) is 2.91. The van der Waals surface area contributed by atoms with E-state index in [1.165, 1.54) is 23.4 Å². The van der Waals surface area contributed by atoms with Gasteiger partial charge in [0.15, 0.2) is 0 Å². The predicted molar refractivity (Wildman–Crippen MR) is 103 cm³/mol. The Bertz CT molecular complexity index is 882. The van der Waals surface area contributed by atoms with Crippen molar-refractivity contribution in [2.75, 3.05) is 38.0 Å². The second kappa shape index (κ2) is 11.1. The number of carboxylic acids is 1. The van der Waals surface area contributed by atoms with Gasteiger partial charge in [-0.2, -0.15) is 17.5 Å². The second-order valence-corrected chi connectivity index (χ2v) is 8.27. The number of halogens is 3. The van der Waals surface area contributed by atoms with E-state index in [0.29, 0.717) is 18.8 Å². The molecule has 31 heavy (non-hydrogen) atoms. The Morgan fingerprint density at radius 1 is 1.10 bits per heavy atom. The molecule has 10 nitrogen and oxygen atoms in total. The molecule has 1 aliphatic rings. The maximum absolute atomic E-state index is 12.6. The fourth-order valence-corrected chi connectivity index (χ4v) is 3.94. The fraction of sp³-hybridized carbons (Fsp3) is 0.471. The van der Waals surface area contributed by atoms with Gasteiger partial charge in [0, 0.05) is 51.8 Å².